The summed E-state index contributed by atoms with van der Waals surface area (Å²) in [5.74, 6) is 0.970. The normalized spacial score (nSPS) is 19.9. The Morgan fingerprint density at radius 1 is 1.33 bits per heavy atom. The van der Waals surface area contributed by atoms with Crippen LogP contribution in [0.4, 0.5) is 0 Å². The highest BCUT2D eigenvalue weighted by Crippen LogP contribution is 2.22. The molecule has 0 unspecified atom stereocenters. The maximum Gasteiger partial charge on any atom is 0.136 e. The molecule has 2 aromatic rings. The Morgan fingerprint density at radius 2 is 2.19 bits per heavy atom. The smallest absolute Gasteiger partial charge is 0.136 e. The minimum atomic E-state index is -0.168. The van der Waals surface area contributed by atoms with Gasteiger partial charge in [0, 0.05) is 30.7 Å². The first-order valence-electron chi connectivity index (χ1n) is 7.65. The zero-order valence-electron chi connectivity index (χ0n) is 12.8. The predicted octanol–water partition coefficient (Wildman–Crippen LogP) is 2.45. The minimum Gasteiger partial charge on any atom is -0.392 e. The number of β-amino-alcohol motifs (C(OH)–C–C–N with tert-alkyl or cyclic N) is 1. The lowest BCUT2D eigenvalue weighted by Crippen LogP contribution is -2.37. The van der Waals surface area contributed by atoms with Crippen LogP contribution >= 0.6 is 0 Å². The van der Waals surface area contributed by atoms with E-state index >= 15 is 0 Å². The molecule has 3 heterocycles. The molecule has 21 heavy (non-hydrogen) atoms. The number of hydrogen-bond acceptors (Lipinski definition) is 3. The number of piperidine rings is 1. The molecule has 1 atom stereocenters. The molecule has 0 amide bonds. The van der Waals surface area contributed by atoms with Crippen LogP contribution in [-0.2, 0) is 6.54 Å². The molecule has 1 aliphatic rings. The third-order valence-electron chi connectivity index (χ3n) is 4.29. The molecule has 0 aromatic carbocycles. The molecule has 1 fully saturated rings. The Morgan fingerprint density at radius 3 is 2.90 bits per heavy atom. The summed E-state index contributed by atoms with van der Waals surface area (Å²) in [4.78, 5) is 6.80. The number of likely N-dealkylation sites (tertiary alicyclic amines) is 1. The van der Waals surface area contributed by atoms with E-state index in [1.165, 1.54) is 17.0 Å². The SMILES string of the molecule is Cc1cc(CN2CCC[C@@H](O)C2)c(C)n1-c1ccccn1. The summed E-state index contributed by atoms with van der Waals surface area (Å²) in [6.45, 7) is 7.04. The summed E-state index contributed by atoms with van der Waals surface area (Å²) < 4.78 is 2.20. The molecule has 2 aromatic heterocycles. The van der Waals surface area contributed by atoms with Gasteiger partial charge in [0.25, 0.3) is 0 Å². The fraction of sp³-hybridized carbons (Fsp3) is 0.471. The topological polar surface area (TPSA) is 41.3 Å². The van der Waals surface area contributed by atoms with E-state index in [-0.39, 0.29) is 6.10 Å². The molecule has 0 spiro atoms. The van der Waals surface area contributed by atoms with Gasteiger partial charge in [-0.2, -0.15) is 0 Å². The first kappa shape index (κ1) is 14.3. The molecule has 0 aliphatic carbocycles. The van der Waals surface area contributed by atoms with E-state index in [1.54, 1.807) is 0 Å². The van der Waals surface area contributed by atoms with Crippen molar-refractivity contribution in [3.8, 4) is 5.82 Å². The molecule has 112 valence electrons. The van der Waals surface area contributed by atoms with Gasteiger partial charge in [-0.3, -0.25) is 4.90 Å². The lowest BCUT2D eigenvalue weighted by Gasteiger charge is -2.29. The van der Waals surface area contributed by atoms with Crippen LogP contribution in [0.25, 0.3) is 5.82 Å². The van der Waals surface area contributed by atoms with Crippen molar-refractivity contribution in [1.82, 2.24) is 14.5 Å². The van der Waals surface area contributed by atoms with E-state index in [0.717, 1.165) is 38.3 Å². The molecule has 4 nitrogen and oxygen atoms in total. The number of aromatic nitrogens is 2. The van der Waals surface area contributed by atoms with Crippen LogP contribution in [0.15, 0.2) is 30.5 Å². The van der Waals surface area contributed by atoms with Gasteiger partial charge in [-0.15, -0.1) is 0 Å². The van der Waals surface area contributed by atoms with Crippen LogP contribution in [0.2, 0.25) is 0 Å². The molecular formula is C17H23N3O. The van der Waals surface area contributed by atoms with E-state index in [9.17, 15) is 5.11 Å². The summed E-state index contributed by atoms with van der Waals surface area (Å²) in [5.41, 5.74) is 3.78. The summed E-state index contributed by atoms with van der Waals surface area (Å²) >= 11 is 0. The highest BCUT2D eigenvalue weighted by molar-refractivity contribution is 5.36. The molecule has 1 aliphatic heterocycles. The molecule has 3 rings (SSSR count). The van der Waals surface area contributed by atoms with Crippen molar-refractivity contribution in [2.45, 2.75) is 39.3 Å². The largest absolute Gasteiger partial charge is 0.392 e. The van der Waals surface area contributed by atoms with Crippen LogP contribution in [-0.4, -0.2) is 38.8 Å². The van der Waals surface area contributed by atoms with E-state index in [4.69, 9.17) is 0 Å². The maximum absolute atomic E-state index is 9.81. The monoisotopic (exact) mass is 285 g/mol. The summed E-state index contributed by atoms with van der Waals surface area (Å²) in [6.07, 6.45) is 3.68. The molecule has 1 N–H and O–H groups in total. The van der Waals surface area contributed by atoms with E-state index in [0.29, 0.717) is 0 Å². The second kappa shape index (κ2) is 6.00. The fourth-order valence-corrected chi connectivity index (χ4v) is 3.24. The van der Waals surface area contributed by atoms with E-state index in [1.807, 2.05) is 24.4 Å². The van der Waals surface area contributed by atoms with Gasteiger partial charge < -0.3 is 9.67 Å². The van der Waals surface area contributed by atoms with Gasteiger partial charge in [-0.05, 0) is 57.0 Å². The molecule has 0 saturated carbocycles. The fourth-order valence-electron chi connectivity index (χ4n) is 3.24. The lowest BCUT2D eigenvalue weighted by molar-refractivity contribution is 0.0667. The Balaban J connectivity index is 1.84. The molecule has 4 heteroatoms. The average Bonchev–Trinajstić information content (AvgIpc) is 2.74. The summed E-state index contributed by atoms with van der Waals surface area (Å²) in [7, 11) is 0. The van der Waals surface area contributed by atoms with Crippen molar-refractivity contribution in [3.63, 3.8) is 0 Å². The Bertz CT molecular complexity index is 606. The second-order valence-electron chi connectivity index (χ2n) is 5.95. The Labute approximate surface area is 126 Å². The van der Waals surface area contributed by atoms with Gasteiger partial charge in [0.2, 0.25) is 0 Å². The van der Waals surface area contributed by atoms with Gasteiger partial charge in [0.05, 0.1) is 6.10 Å². The number of aliphatic hydroxyl groups excluding tert-OH is 1. The van der Waals surface area contributed by atoms with Gasteiger partial charge in [-0.25, -0.2) is 4.98 Å². The molecular weight excluding hydrogens is 262 g/mol. The minimum absolute atomic E-state index is 0.168. The highest BCUT2D eigenvalue weighted by atomic mass is 16.3. The van der Waals surface area contributed by atoms with Crippen molar-refractivity contribution in [1.29, 1.82) is 0 Å². The van der Waals surface area contributed by atoms with E-state index in [2.05, 4.69) is 34.4 Å². The van der Waals surface area contributed by atoms with E-state index < -0.39 is 0 Å². The van der Waals surface area contributed by atoms with Gasteiger partial charge in [-0.1, -0.05) is 6.07 Å². The highest BCUT2D eigenvalue weighted by Gasteiger charge is 2.20. The maximum atomic E-state index is 9.81. The molecule has 0 radical (unpaired) electrons. The Hall–Kier alpha value is -1.65. The summed E-state index contributed by atoms with van der Waals surface area (Å²) in [6, 6.07) is 8.23. The van der Waals surface area contributed by atoms with Gasteiger partial charge in [0.1, 0.15) is 5.82 Å². The van der Waals surface area contributed by atoms with Gasteiger partial charge >= 0.3 is 0 Å². The van der Waals surface area contributed by atoms with Crippen molar-refractivity contribution >= 4 is 0 Å². The van der Waals surface area contributed by atoms with Crippen LogP contribution in [0.5, 0.6) is 0 Å². The number of pyridine rings is 1. The van der Waals surface area contributed by atoms with Crippen LogP contribution in [0.1, 0.15) is 29.8 Å². The van der Waals surface area contributed by atoms with Crippen molar-refractivity contribution in [2.24, 2.45) is 0 Å². The van der Waals surface area contributed by atoms with Crippen molar-refractivity contribution in [2.75, 3.05) is 13.1 Å². The summed E-state index contributed by atoms with van der Waals surface area (Å²) in [5, 5.41) is 9.81. The predicted molar refractivity (Wildman–Crippen MR) is 83.6 cm³/mol. The number of hydrogen-bond donors (Lipinski definition) is 1. The van der Waals surface area contributed by atoms with Crippen LogP contribution < -0.4 is 0 Å². The quantitative estimate of drug-likeness (QED) is 0.942. The van der Waals surface area contributed by atoms with Gasteiger partial charge in [0.15, 0.2) is 0 Å². The van der Waals surface area contributed by atoms with Crippen molar-refractivity contribution < 1.29 is 5.11 Å². The standard InChI is InChI=1S/C17H23N3O/c1-13-10-15(11-19-9-5-6-16(21)12-19)14(2)20(13)17-7-3-4-8-18-17/h3-4,7-8,10,16,21H,5-6,9,11-12H2,1-2H3/t16-/m1/s1. The van der Waals surface area contributed by atoms with Crippen LogP contribution in [0, 0.1) is 13.8 Å². The third-order valence-corrected chi connectivity index (χ3v) is 4.29. The zero-order valence-corrected chi connectivity index (χ0v) is 12.8. The van der Waals surface area contributed by atoms with Crippen LogP contribution in [0.3, 0.4) is 0 Å². The second-order valence-corrected chi connectivity index (χ2v) is 5.95. The first-order chi connectivity index (χ1) is 10.1. The third kappa shape index (κ3) is 3.01. The number of nitrogens with zero attached hydrogens (tertiary/aromatic N) is 3. The number of aryl methyl sites for hydroxylation is 1. The van der Waals surface area contributed by atoms with Crippen molar-refractivity contribution in [3.05, 3.63) is 47.4 Å². The number of rotatable bonds is 3. The average molecular weight is 285 g/mol. The number of aliphatic hydroxyl groups is 1. The first-order valence-corrected chi connectivity index (χ1v) is 7.65. The molecule has 0 bridgehead atoms. The Kier molecular flexibility index (Phi) is 4.08. The lowest BCUT2D eigenvalue weighted by atomic mass is 10.1. The molecule has 1 saturated heterocycles. The zero-order chi connectivity index (χ0) is 14.8.